The van der Waals surface area contributed by atoms with Gasteiger partial charge in [0, 0.05) is 5.41 Å². The van der Waals surface area contributed by atoms with Crippen molar-refractivity contribution < 1.29 is 0 Å². The first kappa shape index (κ1) is 33.4. The van der Waals surface area contributed by atoms with Crippen LogP contribution in [-0.4, -0.2) is 8.07 Å². The lowest BCUT2D eigenvalue weighted by atomic mass is 9.81. The number of rotatable bonds is 1. The fourth-order valence-electron chi connectivity index (χ4n) is 7.69. The summed E-state index contributed by atoms with van der Waals surface area (Å²) in [6, 6.07) is 44.6. The summed E-state index contributed by atoms with van der Waals surface area (Å²) in [5, 5.41) is 3.22. The first-order valence-electron chi connectivity index (χ1n) is 17.4. The second kappa shape index (κ2) is 12.9. The molecule has 6 aromatic rings. The van der Waals surface area contributed by atoms with Gasteiger partial charge in [0.25, 0.3) is 0 Å². The largest absolute Gasteiger partial charge is 0.113 e. The lowest BCUT2D eigenvalue weighted by molar-refractivity contribution is 0.659. The van der Waals surface area contributed by atoms with Crippen LogP contribution in [0.1, 0.15) is 58.4 Å². The van der Waals surface area contributed by atoms with E-state index in [1.54, 1.807) is 10.4 Å². The molecule has 2 aliphatic rings. The van der Waals surface area contributed by atoms with Crippen LogP contribution >= 0.6 is 0 Å². The molecule has 0 bridgehead atoms. The molecule has 0 spiro atoms. The molecule has 0 radical (unpaired) electrons. The first-order valence-corrected chi connectivity index (χ1v) is 20.4. The van der Waals surface area contributed by atoms with Crippen molar-refractivity contribution in [3.8, 4) is 33.4 Å². The number of hydrogen-bond donors (Lipinski definition) is 0. The molecule has 0 atom stereocenters. The molecule has 0 aromatic heterocycles. The maximum absolute atomic E-state index is 2.47. The van der Waals surface area contributed by atoms with Gasteiger partial charge in [0.15, 0.2) is 0 Å². The highest BCUT2D eigenvalue weighted by Gasteiger charge is 2.37. The van der Waals surface area contributed by atoms with Crippen LogP contribution in [0.5, 0.6) is 0 Å². The lowest BCUT2D eigenvalue weighted by Gasteiger charge is -2.22. The summed E-state index contributed by atoms with van der Waals surface area (Å²) < 4.78 is 0. The van der Waals surface area contributed by atoms with E-state index >= 15 is 0 Å². The Kier molecular flexibility index (Phi) is 8.96. The number of fused-ring (bicyclic) bond motifs is 6. The third-order valence-electron chi connectivity index (χ3n) is 10.4. The summed E-state index contributed by atoms with van der Waals surface area (Å²) in [5.41, 5.74) is 19.6. The molecule has 1 heteroatoms. The molecule has 0 unspecified atom stereocenters. The Hall–Kier alpha value is -4.46. The molecule has 1 heterocycles. The molecule has 0 amide bonds. The highest BCUT2D eigenvalue weighted by atomic mass is 28.3. The maximum atomic E-state index is 2.47. The van der Waals surface area contributed by atoms with E-state index in [-0.39, 0.29) is 5.41 Å². The van der Waals surface area contributed by atoms with Gasteiger partial charge in [0.2, 0.25) is 0 Å². The molecule has 8 rings (SSSR count). The Morgan fingerprint density at radius 3 is 1.21 bits per heavy atom. The van der Waals surface area contributed by atoms with Gasteiger partial charge in [-0.1, -0.05) is 176 Å². The van der Waals surface area contributed by atoms with E-state index in [9.17, 15) is 0 Å². The normalized spacial score (nSPS) is 14.0. The third kappa shape index (κ3) is 6.25. The summed E-state index contributed by atoms with van der Waals surface area (Å²) in [4.78, 5) is 0. The van der Waals surface area contributed by atoms with Crippen molar-refractivity contribution in [2.75, 3.05) is 0 Å². The van der Waals surface area contributed by atoms with Crippen molar-refractivity contribution in [2.45, 2.75) is 73.9 Å². The highest BCUT2D eigenvalue weighted by Crippen LogP contribution is 2.49. The topological polar surface area (TPSA) is 0 Å². The van der Waals surface area contributed by atoms with Crippen LogP contribution in [0.2, 0.25) is 13.1 Å². The fraction of sp³-hybridized carbons (Fsp3) is 0.234. The van der Waals surface area contributed by atoms with E-state index in [1.807, 2.05) is 6.07 Å². The Labute approximate surface area is 290 Å². The first-order chi connectivity index (χ1) is 22.8. The van der Waals surface area contributed by atoms with Gasteiger partial charge in [-0.2, -0.15) is 0 Å². The summed E-state index contributed by atoms with van der Waals surface area (Å²) in [6.45, 7) is 22.6. The molecule has 242 valence electrons. The summed E-state index contributed by atoms with van der Waals surface area (Å²) in [5.74, 6) is 0. The standard InChI is InChI=1S/C17H18.C16H18Si.C14H14/c2*1-11-5-7-13-14-8-6-12(2)10-16(14)17(3,4)15(13)9-11;1-11-8-9-14(12(2)10-11)13-6-4-3-5-7-13/h2*5-10H,1-4H3;3-10H,1-2H3. The van der Waals surface area contributed by atoms with Crippen LogP contribution in [0.3, 0.4) is 0 Å². The van der Waals surface area contributed by atoms with Gasteiger partial charge in [-0.15, -0.1) is 0 Å². The van der Waals surface area contributed by atoms with Crippen molar-refractivity contribution in [1.29, 1.82) is 0 Å². The lowest BCUT2D eigenvalue weighted by Crippen LogP contribution is -2.49. The molecule has 0 saturated carbocycles. The van der Waals surface area contributed by atoms with E-state index < -0.39 is 8.07 Å². The average Bonchev–Trinajstić information content (AvgIpc) is 3.40. The molecule has 0 saturated heterocycles. The van der Waals surface area contributed by atoms with Crippen molar-refractivity contribution in [2.24, 2.45) is 0 Å². The smallest absolute Gasteiger partial charge is 0.0622 e. The van der Waals surface area contributed by atoms with Gasteiger partial charge in [-0.25, -0.2) is 0 Å². The van der Waals surface area contributed by atoms with Crippen LogP contribution in [0.15, 0.2) is 121 Å². The Morgan fingerprint density at radius 2 is 0.771 bits per heavy atom. The Bertz CT molecular complexity index is 1910. The summed E-state index contributed by atoms with van der Waals surface area (Å²) in [6.07, 6.45) is 0. The summed E-state index contributed by atoms with van der Waals surface area (Å²) >= 11 is 0. The van der Waals surface area contributed by atoms with Gasteiger partial charge in [0.1, 0.15) is 8.07 Å². The second-order valence-electron chi connectivity index (χ2n) is 15.1. The van der Waals surface area contributed by atoms with Crippen molar-refractivity contribution in [3.63, 3.8) is 0 Å². The van der Waals surface area contributed by atoms with Crippen LogP contribution in [0.4, 0.5) is 0 Å². The molecule has 48 heavy (non-hydrogen) atoms. The van der Waals surface area contributed by atoms with Gasteiger partial charge in [-0.3, -0.25) is 0 Å². The van der Waals surface area contributed by atoms with Crippen LogP contribution in [0, 0.1) is 41.5 Å². The average molecular weight is 643 g/mol. The third-order valence-corrected chi connectivity index (χ3v) is 14.0. The minimum atomic E-state index is -1.44. The SMILES string of the molecule is Cc1ccc(-c2ccccc2)c(C)c1.Cc1ccc2c(c1)C(C)(C)c1cc(C)ccc1-2.Cc1ccc2c(c1)[Si](C)(C)c1cc(C)ccc1-2. The van der Waals surface area contributed by atoms with E-state index in [1.165, 1.54) is 77.9 Å². The van der Waals surface area contributed by atoms with E-state index in [0.29, 0.717) is 0 Å². The monoisotopic (exact) mass is 642 g/mol. The van der Waals surface area contributed by atoms with Crippen LogP contribution in [-0.2, 0) is 5.41 Å². The molecule has 0 N–H and O–H groups in total. The van der Waals surface area contributed by atoms with Gasteiger partial charge >= 0.3 is 0 Å². The number of hydrogen-bond acceptors (Lipinski definition) is 0. The quantitative estimate of drug-likeness (QED) is 0.157. The van der Waals surface area contributed by atoms with Gasteiger partial charge < -0.3 is 0 Å². The van der Waals surface area contributed by atoms with Gasteiger partial charge in [-0.05, 0) is 102 Å². The fourth-order valence-corrected chi connectivity index (χ4v) is 10.9. The zero-order valence-electron chi connectivity index (χ0n) is 30.5. The van der Waals surface area contributed by atoms with Crippen LogP contribution < -0.4 is 10.4 Å². The minimum absolute atomic E-state index is 0.142. The second-order valence-corrected chi connectivity index (χ2v) is 19.5. The zero-order valence-corrected chi connectivity index (χ0v) is 31.5. The molecular formula is C47H50Si. The van der Waals surface area contributed by atoms with E-state index in [2.05, 4.69) is 184 Å². The molecular weight excluding hydrogens is 593 g/mol. The zero-order chi connectivity index (χ0) is 34.4. The van der Waals surface area contributed by atoms with E-state index in [0.717, 1.165) is 0 Å². The predicted molar refractivity (Wildman–Crippen MR) is 213 cm³/mol. The molecule has 1 aliphatic heterocycles. The van der Waals surface area contributed by atoms with Crippen molar-refractivity contribution >= 4 is 18.4 Å². The molecule has 0 fully saturated rings. The molecule has 0 nitrogen and oxygen atoms in total. The van der Waals surface area contributed by atoms with Crippen molar-refractivity contribution in [1.82, 2.24) is 0 Å². The predicted octanol–water partition coefficient (Wildman–Crippen LogP) is 11.7. The number of benzene rings is 6. The molecule has 6 aromatic carbocycles. The Morgan fingerprint density at radius 1 is 0.396 bits per heavy atom. The maximum Gasteiger partial charge on any atom is 0.113 e. The van der Waals surface area contributed by atoms with E-state index in [4.69, 9.17) is 0 Å². The summed E-state index contributed by atoms with van der Waals surface area (Å²) in [7, 11) is -1.44. The minimum Gasteiger partial charge on any atom is -0.0622 e. The van der Waals surface area contributed by atoms with Crippen molar-refractivity contribution in [3.05, 3.63) is 166 Å². The van der Waals surface area contributed by atoms with Gasteiger partial charge in [0.05, 0.1) is 0 Å². The highest BCUT2D eigenvalue weighted by molar-refractivity contribution is 7.03. The van der Waals surface area contributed by atoms with Crippen LogP contribution in [0.25, 0.3) is 33.4 Å². The molecule has 1 aliphatic carbocycles. The Balaban J connectivity index is 0.000000126. The number of aryl methyl sites for hydroxylation is 6.